The number of benzene rings is 2. The van der Waals surface area contributed by atoms with E-state index < -0.39 is 35.2 Å². The first-order chi connectivity index (χ1) is 12.2. The summed E-state index contributed by atoms with van der Waals surface area (Å²) in [6, 6.07) is 5.83. The lowest BCUT2D eigenvalue weighted by Crippen LogP contribution is -2.30. The molecule has 2 aromatic rings. The van der Waals surface area contributed by atoms with Gasteiger partial charge in [-0.15, -0.1) is 0 Å². The number of methoxy groups -OCH3 is 1. The molecule has 0 saturated heterocycles. The normalized spacial score (nSPS) is 11.6. The molecule has 2 aromatic carbocycles. The molecule has 1 N–H and O–H groups in total. The third kappa shape index (κ3) is 4.62. The van der Waals surface area contributed by atoms with E-state index >= 15 is 0 Å². The molecule has 0 unspecified atom stereocenters. The molecule has 0 heterocycles. The molecule has 0 fully saturated rings. The van der Waals surface area contributed by atoms with E-state index in [-0.39, 0.29) is 10.7 Å². The summed E-state index contributed by atoms with van der Waals surface area (Å²) < 4.78 is 36.4. The fraction of sp³-hybridized carbons (Fsp3) is 0.176. The zero-order chi connectivity index (χ0) is 19.4. The van der Waals surface area contributed by atoms with Crippen molar-refractivity contribution in [3.05, 3.63) is 57.6 Å². The number of carbonyl (C=O) groups is 2. The first kappa shape index (κ1) is 19.9. The molecule has 1 amide bonds. The van der Waals surface area contributed by atoms with E-state index in [4.69, 9.17) is 32.7 Å². The highest BCUT2D eigenvalue weighted by atomic mass is 35.5. The monoisotopic (exact) mass is 403 g/mol. The first-order valence-electron chi connectivity index (χ1n) is 7.23. The number of carbonyl (C=O) groups excluding carboxylic acids is 2. The molecule has 0 aliphatic carbocycles. The number of anilines is 1. The molecule has 9 heteroatoms. The molecule has 0 aliphatic rings. The Hall–Kier alpha value is -2.38. The minimum absolute atomic E-state index is 0.277. The maximum Gasteiger partial charge on any atom is 0.340 e. The van der Waals surface area contributed by atoms with Crippen molar-refractivity contribution in [2.75, 3.05) is 12.4 Å². The highest BCUT2D eigenvalue weighted by Crippen LogP contribution is 2.28. The standard InChI is InChI=1S/C17H13Cl2F2NO4/c1-8(16(23)22-14-5-9(18)3-4-15(14)25-2)26-17(24)10-6-12(20)13(21)7-11(10)19/h3-8H,1-2H3,(H,22,23)/t8-/m1/s1. The van der Waals surface area contributed by atoms with Crippen molar-refractivity contribution < 1.29 is 27.8 Å². The van der Waals surface area contributed by atoms with Crippen LogP contribution in [0.15, 0.2) is 30.3 Å². The van der Waals surface area contributed by atoms with Crippen molar-refractivity contribution in [2.45, 2.75) is 13.0 Å². The Morgan fingerprint density at radius 2 is 1.77 bits per heavy atom. The van der Waals surface area contributed by atoms with E-state index in [9.17, 15) is 18.4 Å². The predicted molar refractivity (Wildman–Crippen MR) is 92.9 cm³/mol. The quantitative estimate of drug-likeness (QED) is 0.590. The van der Waals surface area contributed by atoms with Crippen molar-refractivity contribution in [1.82, 2.24) is 0 Å². The van der Waals surface area contributed by atoms with Gasteiger partial charge < -0.3 is 14.8 Å². The van der Waals surface area contributed by atoms with Crippen LogP contribution in [0.5, 0.6) is 5.75 Å². The summed E-state index contributed by atoms with van der Waals surface area (Å²) in [5.74, 6) is -3.87. The van der Waals surface area contributed by atoms with Crippen LogP contribution in [0.25, 0.3) is 0 Å². The second kappa shape index (κ2) is 8.33. The largest absolute Gasteiger partial charge is 0.495 e. The summed E-state index contributed by atoms with van der Waals surface area (Å²) in [4.78, 5) is 24.3. The van der Waals surface area contributed by atoms with Gasteiger partial charge in [0.05, 0.1) is 23.4 Å². The zero-order valence-corrected chi connectivity index (χ0v) is 15.1. The summed E-state index contributed by atoms with van der Waals surface area (Å²) in [5.41, 5.74) is -0.121. The number of ether oxygens (including phenoxy) is 2. The number of hydrogen-bond donors (Lipinski definition) is 1. The second-order valence-electron chi connectivity index (χ2n) is 5.13. The number of esters is 1. The molecule has 1 atom stereocenters. The van der Waals surface area contributed by atoms with Gasteiger partial charge in [0.1, 0.15) is 5.75 Å². The minimum Gasteiger partial charge on any atom is -0.495 e. The molecule has 0 aromatic heterocycles. The van der Waals surface area contributed by atoms with E-state index in [1.165, 1.54) is 20.1 Å². The van der Waals surface area contributed by atoms with Crippen LogP contribution in [0.4, 0.5) is 14.5 Å². The smallest absolute Gasteiger partial charge is 0.340 e. The van der Waals surface area contributed by atoms with Gasteiger partial charge in [-0.2, -0.15) is 0 Å². The van der Waals surface area contributed by atoms with E-state index in [0.29, 0.717) is 22.9 Å². The van der Waals surface area contributed by atoms with Gasteiger partial charge in [0.15, 0.2) is 17.7 Å². The fourth-order valence-corrected chi connectivity index (χ4v) is 2.37. The Labute approximate surface area is 157 Å². The van der Waals surface area contributed by atoms with E-state index in [0.717, 1.165) is 0 Å². The Kier molecular flexibility index (Phi) is 6.39. The van der Waals surface area contributed by atoms with Crippen molar-refractivity contribution in [1.29, 1.82) is 0 Å². The van der Waals surface area contributed by atoms with Crippen LogP contribution in [0.3, 0.4) is 0 Å². The average Bonchev–Trinajstić information content (AvgIpc) is 2.58. The Morgan fingerprint density at radius 3 is 2.42 bits per heavy atom. The predicted octanol–water partition coefficient (Wildman–Crippen LogP) is 4.46. The number of amides is 1. The van der Waals surface area contributed by atoms with Gasteiger partial charge in [-0.1, -0.05) is 23.2 Å². The molecule has 0 saturated carbocycles. The van der Waals surface area contributed by atoms with E-state index in [1.807, 2.05) is 0 Å². The SMILES string of the molecule is COc1ccc(Cl)cc1NC(=O)[C@@H](C)OC(=O)c1cc(F)c(F)cc1Cl. The molecule has 0 aliphatic heterocycles. The Morgan fingerprint density at radius 1 is 1.12 bits per heavy atom. The first-order valence-corrected chi connectivity index (χ1v) is 7.98. The molecular weight excluding hydrogens is 391 g/mol. The maximum atomic E-state index is 13.3. The van der Waals surface area contributed by atoms with Crippen LogP contribution >= 0.6 is 23.2 Å². The summed E-state index contributed by atoms with van der Waals surface area (Å²) in [6.07, 6.45) is -1.25. The molecule has 5 nitrogen and oxygen atoms in total. The van der Waals surface area contributed by atoms with Crippen LogP contribution in [-0.4, -0.2) is 25.1 Å². The second-order valence-corrected chi connectivity index (χ2v) is 5.97. The maximum absolute atomic E-state index is 13.3. The molecule has 26 heavy (non-hydrogen) atoms. The Bertz CT molecular complexity index is 861. The zero-order valence-electron chi connectivity index (χ0n) is 13.6. The average molecular weight is 404 g/mol. The van der Waals surface area contributed by atoms with E-state index in [2.05, 4.69) is 5.32 Å². The lowest BCUT2D eigenvalue weighted by Gasteiger charge is -2.16. The molecular formula is C17H13Cl2F2NO4. The minimum atomic E-state index is -1.26. The van der Waals surface area contributed by atoms with Gasteiger partial charge in [-0.05, 0) is 37.3 Å². The van der Waals surface area contributed by atoms with Gasteiger partial charge in [-0.25, -0.2) is 13.6 Å². The van der Waals surface area contributed by atoms with Gasteiger partial charge in [0.2, 0.25) is 0 Å². The third-order valence-electron chi connectivity index (χ3n) is 3.30. The lowest BCUT2D eigenvalue weighted by molar-refractivity contribution is -0.123. The van der Waals surface area contributed by atoms with Crippen molar-refractivity contribution in [3.8, 4) is 5.75 Å². The number of nitrogens with one attached hydrogen (secondary N) is 1. The number of rotatable bonds is 5. The van der Waals surface area contributed by atoms with Crippen molar-refractivity contribution >= 4 is 40.8 Å². The van der Waals surface area contributed by atoms with Crippen molar-refractivity contribution in [2.24, 2.45) is 0 Å². The third-order valence-corrected chi connectivity index (χ3v) is 3.85. The number of hydrogen-bond acceptors (Lipinski definition) is 4. The van der Waals surface area contributed by atoms with Crippen LogP contribution in [0.1, 0.15) is 17.3 Å². The van der Waals surface area contributed by atoms with Crippen LogP contribution in [0, 0.1) is 11.6 Å². The summed E-state index contributed by atoms with van der Waals surface area (Å²) in [7, 11) is 1.41. The summed E-state index contributed by atoms with van der Waals surface area (Å²) in [5, 5.41) is 2.53. The number of halogens is 4. The highest BCUT2D eigenvalue weighted by molar-refractivity contribution is 6.33. The summed E-state index contributed by atoms with van der Waals surface area (Å²) in [6.45, 7) is 1.30. The fourth-order valence-electron chi connectivity index (χ4n) is 1.97. The molecule has 0 radical (unpaired) electrons. The lowest BCUT2D eigenvalue weighted by atomic mass is 10.2. The summed E-state index contributed by atoms with van der Waals surface area (Å²) >= 11 is 11.6. The van der Waals surface area contributed by atoms with Gasteiger partial charge >= 0.3 is 5.97 Å². The van der Waals surface area contributed by atoms with Gasteiger partial charge in [0.25, 0.3) is 5.91 Å². The molecule has 0 spiro atoms. The molecule has 2 rings (SSSR count). The van der Waals surface area contributed by atoms with Gasteiger partial charge in [-0.3, -0.25) is 4.79 Å². The molecule has 0 bridgehead atoms. The van der Waals surface area contributed by atoms with Crippen LogP contribution in [-0.2, 0) is 9.53 Å². The van der Waals surface area contributed by atoms with Crippen LogP contribution in [0.2, 0.25) is 10.0 Å². The highest BCUT2D eigenvalue weighted by Gasteiger charge is 2.23. The van der Waals surface area contributed by atoms with Crippen molar-refractivity contribution in [3.63, 3.8) is 0 Å². The van der Waals surface area contributed by atoms with Crippen LogP contribution < -0.4 is 10.1 Å². The Balaban J connectivity index is 2.11. The molecule has 138 valence electrons. The van der Waals surface area contributed by atoms with Gasteiger partial charge in [0, 0.05) is 5.02 Å². The van der Waals surface area contributed by atoms with E-state index in [1.54, 1.807) is 12.1 Å². The topological polar surface area (TPSA) is 64.6 Å².